The van der Waals surface area contributed by atoms with E-state index in [2.05, 4.69) is 19.1 Å². The van der Waals surface area contributed by atoms with Gasteiger partial charge in [0.1, 0.15) is 17.2 Å². The quantitative estimate of drug-likeness (QED) is 0.668. The molecule has 0 atom stereocenters. The molecule has 23 heavy (non-hydrogen) atoms. The van der Waals surface area contributed by atoms with Gasteiger partial charge in [-0.15, -0.1) is 0 Å². The van der Waals surface area contributed by atoms with Crippen LogP contribution in [-0.4, -0.2) is 5.11 Å². The predicted octanol–water partition coefficient (Wildman–Crippen LogP) is 5.74. The molecule has 0 saturated carbocycles. The summed E-state index contributed by atoms with van der Waals surface area (Å²) in [4.78, 5) is 0. The van der Waals surface area contributed by atoms with Gasteiger partial charge in [0.25, 0.3) is 0 Å². The molecule has 0 aliphatic rings. The average Bonchev–Trinajstić information content (AvgIpc) is 2.59. The van der Waals surface area contributed by atoms with Gasteiger partial charge in [0.2, 0.25) is 0 Å². The predicted molar refractivity (Wildman–Crippen MR) is 95.2 cm³/mol. The van der Waals surface area contributed by atoms with Gasteiger partial charge in [-0.05, 0) is 54.8 Å². The lowest BCUT2D eigenvalue weighted by Gasteiger charge is -2.06. The highest BCUT2D eigenvalue weighted by Gasteiger charge is 1.96. The van der Waals surface area contributed by atoms with E-state index in [1.54, 1.807) is 6.07 Å². The standard InChI is InChI=1S/C14H14O.C7H8O/c1-2-12-7-6-10-14(11-12)15-13-8-4-3-5-9-13;1-6-4-2-3-5-7(6)8/h3-11H,2H2,1H3;2-5,8H,1H3. The highest BCUT2D eigenvalue weighted by molar-refractivity contribution is 5.33. The van der Waals surface area contributed by atoms with Crippen molar-refractivity contribution >= 4 is 0 Å². The van der Waals surface area contributed by atoms with Crippen molar-refractivity contribution in [3.63, 3.8) is 0 Å². The number of benzene rings is 3. The maximum Gasteiger partial charge on any atom is 0.127 e. The van der Waals surface area contributed by atoms with Crippen LogP contribution in [0.15, 0.2) is 78.9 Å². The van der Waals surface area contributed by atoms with E-state index in [0.717, 1.165) is 23.5 Å². The van der Waals surface area contributed by atoms with E-state index in [4.69, 9.17) is 9.84 Å². The van der Waals surface area contributed by atoms with Crippen LogP contribution >= 0.6 is 0 Å². The van der Waals surface area contributed by atoms with Gasteiger partial charge in [-0.2, -0.15) is 0 Å². The second-order valence-corrected chi connectivity index (χ2v) is 5.20. The molecule has 3 rings (SSSR count). The van der Waals surface area contributed by atoms with E-state index in [1.165, 1.54) is 5.56 Å². The lowest BCUT2D eigenvalue weighted by molar-refractivity contribution is 0.471. The van der Waals surface area contributed by atoms with E-state index in [9.17, 15) is 0 Å². The minimum atomic E-state index is 0.368. The van der Waals surface area contributed by atoms with Crippen LogP contribution in [0.3, 0.4) is 0 Å². The molecule has 0 aromatic heterocycles. The maximum absolute atomic E-state index is 8.92. The molecule has 0 heterocycles. The second kappa shape index (κ2) is 8.64. The van der Waals surface area contributed by atoms with Crippen molar-refractivity contribution in [3.8, 4) is 17.2 Å². The zero-order chi connectivity index (χ0) is 16.5. The van der Waals surface area contributed by atoms with E-state index in [1.807, 2.05) is 67.6 Å². The normalized spacial score (nSPS) is 9.65. The third kappa shape index (κ3) is 5.51. The van der Waals surface area contributed by atoms with Crippen molar-refractivity contribution in [2.75, 3.05) is 0 Å². The van der Waals surface area contributed by atoms with Gasteiger partial charge in [0, 0.05) is 0 Å². The van der Waals surface area contributed by atoms with Crippen LogP contribution in [0.4, 0.5) is 0 Å². The molecule has 0 spiro atoms. The molecule has 0 unspecified atom stereocenters. The summed E-state index contributed by atoms with van der Waals surface area (Å²) in [6.45, 7) is 4.01. The highest BCUT2D eigenvalue weighted by Crippen LogP contribution is 2.21. The number of para-hydroxylation sites is 2. The first kappa shape index (κ1) is 16.6. The second-order valence-electron chi connectivity index (χ2n) is 5.20. The molecule has 0 aliphatic carbocycles. The molecule has 0 aliphatic heterocycles. The molecule has 3 aromatic rings. The Hall–Kier alpha value is -2.74. The smallest absolute Gasteiger partial charge is 0.127 e. The number of aryl methyl sites for hydroxylation is 2. The Morgan fingerprint density at radius 1 is 0.783 bits per heavy atom. The fourth-order valence-electron chi connectivity index (χ4n) is 2.02. The van der Waals surface area contributed by atoms with Crippen molar-refractivity contribution in [1.29, 1.82) is 0 Å². The van der Waals surface area contributed by atoms with E-state index >= 15 is 0 Å². The topological polar surface area (TPSA) is 29.5 Å². The van der Waals surface area contributed by atoms with Crippen LogP contribution in [0.25, 0.3) is 0 Å². The minimum Gasteiger partial charge on any atom is -0.508 e. The average molecular weight is 306 g/mol. The zero-order valence-corrected chi connectivity index (χ0v) is 13.6. The van der Waals surface area contributed by atoms with Crippen LogP contribution in [0.2, 0.25) is 0 Å². The monoisotopic (exact) mass is 306 g/mol. The Morgan fingerprint density at radius 2 is 1.43 bits per heavy atom. The molecular formula is C21H22O2. The Balaban J connectivity index is 0.000000203. The van der Waals surface area contributed by atoms with Gasteiger partial charge >= 0.3 is 0 Å². The first-order valence-electron chi connectivity index (χ1n) is 7.75. The summed E-state index contributed by atoms with van der Waals surface area (Å²) in [5.41, 5.74) is 2.22. The molecule has 1 N–H and O–H groups in total. The van der Waals surface area contributed by atoms with Gasteiger partial charge in [-0.25, -0.2) is 0 Å². The van der Waals surface area contributed by atoms with Crippen LogP contribution in [0.5, 0.6) is 17.2 Å². The number of hydrogen-bond donors (Lipinski definition) is 1. The molecule has 0 fully saturated rings. The van der Waals surface area contributed by atoms with Crippen LogP contribution < -0.4 is 4.74 Å². The van der Waals surface area contributed by atoms with Crippen LogP contribution in [0.1, 0.15) is 18.1 Å². The van der Waals surface area contributed by atoms with Gasteiger partial charge in [0.05, 0.1) is 0 Å². The fraction of sp³-hybridized carbons (Fsp3) is 0.143. The first-order chi connectivity index (χ1) is 11.2. The summed E-state index contributed by atoms with van der Waals surface area (Å²) in [5, 5.41) is 8.92. The highest BCUT2D eigenvalue weighted by atomic mass is 16.5. The molecule has 0 radical (unpaired) electrons. The maximum atomic E-state index is 8.92. The van der Waals surface area contributed by atoms with Crippen LogP contribution in [0, 0.1) is 6.92 Å². The van der Waals surface area contributed by atoms with Crippen molar-refractivity contribution in [1.82, 2.24) is 0 Å². The fourth-order valence-corrected chi connectivity index (χ4v) is 2.02. The number of hydrogen-bond acceptors (Lipinski definition) is 2. The number of aromatic hydroxyl groups is 1. The molecule has 0 bridgehead atoms. The van der Waals surface area contributed by atoms with Gasteiger partial charge < -0.3 is 9.84 Å². The van der Waals surface area contributed by atoms with E-state index in [-0.39, 0.29) is 0 Å². The summed E-state index contributed by atoms with van der Waals surface area (Å²) >= 11 is 0. The van der Waals surface area contributed by atoms with Crippen molar-refractivity contribution in [2.24, 2.45) is 0 Å². The molecule has 2 heteroatoms. The van der Waals surface area contributed by atoms with Crippen molar-refractivity contribution in [3.05, 3.63) is 90.0 Å². The summed E-state index contributed by atoms with van der Waals surface area (Å²) in [5.74, 6) is 2.15. The molecule has 0 amide bonds. The van der Waals surface area contributed by atoms with E-state index in [0.29, 0.717) is 5.75 Å². The minimum absolute atomic E-state index is 0.368. The largest absolute Gasteiger partial charge is 0.508 e. The van der Waals surface area contributed by atoms with Gasteiger partial charge in [-0.3, -0.25) is 0 Å². The zero-order valence-electron chi connectivity index (χ0n) is 13.6. The van der Waals surface area contributed by atoms with Crippen molar-refractivity contribution < 1.29 is 9.84 Å². The van der Waals surface area contributed by atoms with Crippen molar-refractivity contribution in [2.45, 2.75) is 20.3 Å². The van der Waals surface area contributed by atoms with E-state index < -0.39 is 0 Å². The van der Waals surface area contributed by atoms with Crippen LogP contribution in [-0.2, 0) is 6.42 Å². The summed E-state index contributed by atoms with van der Waals surface area (Å²) < 4.78 is 5.72. The molecule has 2 nitrogen and oxygen atoms in total. The molecule has 0 saturated heterocycles. The number of phenols is 1. The third-order valence-corrected chi connectivity index (χ3v) is 3.40. The lowest BCUT2D eigenvalue weighted by atomic mass is 10.2. The SMILES string of the molecule is CCc1cccc(Oc2ccccc2)c1.Cc1ccccc1O. The first-order valence-corrected chi connectivity index (χ1v) is 7.75. The summed E-state index contributed by atoms with van der Waals surface area (Å²) in [7, 11) is 0. The molecule has 3 aromatic carbocycles. The summed E-state index contributed by atoms with van der Waals surface area (Å²) in [6.07, 6.45) is 1.03. The number of ether oxygens (including phenoxy) is 1. The lowest BCUT2D eigenvalue weighted by Crippen LogP contribution is -1.85. The molecular weight excluding hydrogens is 284 g/mol. The Morgan fingerprint density at radius 3 is 2.04 bits per heavy atom. The molecule has 118 valence electrons. The Kier molecular flexibility index (Phi) is 6.25. The Labute approximate surface area is 138 Å². The summed E-state index contributed by atoms with van der Waals surface area (Å²) in [6, 6.07) is 25.3. The van der Waals surface area contributed by atoms with Gasteiger partial charge in [0.15, 0.2) is 0 Å². The number of rotatable bonds is 3. The van der Waals surface area contributed by atoms with Gasteiger partial charge in [-0.1, -0.05) is 55.5 Å². The Bertz CT molecular complexity index is 700. The third-order valence-electron chi connectivity index (χ3n) is 3.40. The number of phenolic OH excluding ortho intramolecular Hbond substituents is 1.